The second-order valence-corrected chi connectivity index (χ2v) is 5.90. The van der Waals surface area contributed by atoms with Crippen molar-refractivity contribution in [2.45, 2.75) is 25.1 Å². The maximum absolute atomic E-state index is 12.8. The van der Waals surface area contributed by atoms with Crippen molar-refractivity contribution in [3.8, 4) is 0 Å². The van der Waals surface area contributed by atoms with Gasteiger partial charge in [0.25, 0.3) is 0 Å². The van der Waals surface area contributed by atoms with Crippen LogP contribution in [0.5, 0.6) is 0 Å². The Balaban J connectivity index is 1.76. The summed E-state index contributed by atoms with van der Waals surface area (Å²) in [7, 11) is 1.48. The predicted molar refractivity (Wildman–Crippen MR) is 81.5 cm³/mol. The molecule has 1 aromatic carbocycles. The molecule has 2 heterocycles. The number of amides is 1. The first-order valence-electron chi connectivity index (χ1n) is 7.70. The Morgan fingerprint density at radius 1 is 1.33 bits per heavy atom. The first-order valence-corrected chi connectivity index (χ1v) is 7.70. The number of likely N-dealkylation sites (tertiary alicyclic amines) is 1. The Bertz CT molecular complexity index is 734. The fourth-order valence-corrected chi connectivity index (χ4v) is 3.11. The molecule has 0 bridgehead atoms. The number of methoxy groups -OCH3 is 1. The van der Waals surface area contributed by atoms with E-state index in [1.807, 2.05) is 4.57 Å². The van der Waals surface area contributed by atoms with Crippen molar-refractivity contribution < 1.29 is 22.7 Å². The van der Waals surface area contributed by atoms with E-state index in [9.17, 15) is 18.0 Å². The van der Waals surface area contributed by atoms with Gasteiger partial charge in [0, 0.05) is 26.2 Å². The van der Waals surface area contributed by atoms with E-state index in [1.165, 1.54) is 13.2 Å². The highest BCUT2D eigenvalue weighted by Crippen LogP contribution is 2.32. The molecule has 1 aliphatic rings. The van der Waals surface area contributed by atoms with Gasteiger partial charge >= 0.3 is 6.18 Å². The molecule has 130 valence electrons. The maximum atomic E-state index is 12.8. The van der Waals surface area contributed by atoms with Crippen molar-refractivity contribution in [2.75, 3.05) is 26.8 Å². The van der Waals surface area contributed by atoms with Gasteiger partial charge in [0.1, 0.15) is 6.61 Å². The van der Waals surface area contributed by atoms with Crippen molar-refractivity contribution in [1.82, 2.24) is 14.5 Å². The average Bonchev–Trinajstić information content (AvgIpc) is 2.97. The molecule has 24 heavy (non-hydrogen) atoms. The highest BCUT2D eigenvalue weighted by atomic mass is 19.4. The van der Waals surface area contributed by atoms with Gasteiger partial charge in [-0.05, 0) is 31.0 Å². The van der Waals surface area contributed by atoms with Gasteiger partial charge in [0.15, 0.2) is 0 Å². The predicted octanol–water partition coefficient (Wildman–Crippen LogP) is 2.87. The average molecular weight is 341 g/mol. The molecule has 0 radical (unpaired) electrons. The molecule has 3 rings (SSSR count). The molecule has 0 spiro atoms. The number of benzene rings is 1. The minimum absolute atomic E-state index is 0.0405. The number of aromatic nitrogens is 2. The summed E-state index contributed by atoms with van der Waals surface area (Å²) < 4.78 is 45.1. The number of halogens is 3. The van der Waals surface area contributed by atoms with Crippen LogP contribution in [0.15, 0.2) is 24.5 Å². The molecule has 1 aliphatic heterocycles. The summed E-state index contributed by atoms with van der Waals surface area (Å²) in [5.41, 5.74) is 0.326. The van der Waals surface area contributed by atoms with Crippen molar-refractivity contribution in [3.63, 3.8) is 0 Å². The lowest BCUT2D eigenvalue weighted by molar-refractivity contribution is -0.137. The number of alkyl halides is 3. The number of ether oxygens (including phenoxy) is 1. The number of fused-ring (bicyclic) bond motifs is 1. The summed E-state index contributed by atoms with van der Waals surface area (Å²) in [5, 5.41) is 0. The van der Waals surface area contributed by atoms with Crippen LogP contribution in [-0.4, -0.2) is 47.2 Å². The third-order valence-corrected chi connectivity index (χ3v) is 4.38. The molecule has 0 N–H and O–H groups in total. The van der Waals surface area contributed by atoms with Crippen LogP contribution in [0.4, 0.5) is 13.2 Å². The minimum Gasteiger partial charge on any atom is -0.375 e. The molecule has 0 atom stereocenters. The Morgan fingerprint density at radius 3 is 2.67 bits per heavy atom. The molecule has 0 saturated carbocycles. The third kappa shape index (κ3) is 3.24. The molecule has 1 saturated heterocycles. The Morgan fingerprint density at radius 2 is 2.04 bits per heavy atom. The summed E-state index contributed by atoms with van der Waals surface area (Å²) in [6.07, 6.45) is -1.31. The summed E-state index contributed by atoms with van der Waals surface area (Å²) in [4.78, 5) is 17.7. The lowest BCUT2D eigenvalue weighted by atomic mass is 10.0. The highest BCUT2D eigenvalue weighted by Gasteiger charge is 2.31. The fraction of sp³-hybridized carbons (Fsp3) is 0.500. The van der Waals surface area contributed by atoms with Gasteiger partial charge in [0.05, 0.1) is 22.9 Å². The molecular formula is C16H18F3N3O2. The summed E-state index contributed by atoms with van der Waals surface area (Å²) in [6.45, 7) is 1.28. The second-order valence-electron chi connectivity index (χ2n) is 5.90. The minimum atomic E-state index is -4.37. The zero-order chi connectivity index (χ0) is 17.3. The van der Waals surface area contributed by atoms with Gasteiger partial charge in [-0.1, -0.05) is 0 Å². The molecule has 1 amide bonds. The van der Waals surface area contributed by atoms with Crippen LogP contribution >= 0.6 is 0 Å². The molecule has 0 unspecified atom stereocenters. The zero-order valence-corrected chi connectivity index (χ0v) is 13.2. The summed E-state index contributed by atoms with van der Waals surface area (Å²) >= 11 is 0. The van der Waals surface area contributed by atoms with Crippen molar-refractivity contribution in [3.05, 3.63) is 30.1 Å². The van der Waals surface area contributed by atoms with E-state index in [4.69, 9.17) is 4.74 Å². The van der Waals surface area contributed by atoms with Gasteiger partial charge in [-0.15, -0.1) is 0 Å². The quantitative estimate of drug-likeness (QED) is 0.862. The largest absolute Gasteiger partial charge is 0.416 e. The van der Waals surface area contributed by atoms with Crippen molar-refractivity contribution in [2.24, 2.45) is 0 Å². The van der Waals surface area contributed by atoms with E-state index in [-0.39, 0.29) is 18.6 Å². The van der Waals surface area contributed by atoms with Gasteiger partial charge in [-0.3, -0.25) is 4.79 Å². The Labute approximate surface area is 137 Å². The molecule has 1 fully saturated rings. The van der Waals surface area contributed by atoms with E-state index in [0.29, 0.717) is 24.1 Å². The second kappa shape index (κ2) is 6.43. The van der Waals surface area contributed by atoms with E-state index in [1.54, 1.807) is 11.2 Å². The van der Waals surface area contributed by atoms with Crippen LogP contribution in [0.3, 0.4) is 0 Å². The van der Waals surface area contributed by atoms with Gasteiger partial charge < -0.3 is 14.2 Å². The van der Waals surface area contributed by atoms with Crippen LogP contribution in [0.1, 0.15) is 24.4 Å². The number of imidazole rings is 1. The Hall–Kier alpha value is -2.09. The number of rotatable bonds is 3. The van der Waals surface area contributed by atoms with Crippen molar-refractivity contribution in [1.29, 1.82) is 0 Å². The van der Waals surface area contributed by atoms with Gasteiger partial charge in [-0.2, -0.15) is 13.2 Å². The lowest BCUT2D eigenvalue weighted by Crippen LogP contribution is -2.40. The first kappa shape index (κ1) is 16.8. The highest BCUT2D eigenvalue weighted by molar-refractivity contribution is 5.78. The molecular weight excluding hydrogens is 323 g/mol. The number of carbonyl (C=O) groups excluding carboxylic acids is 1. The van der Waals surface area contributed by atoms with E-state index < -0.39 is 11.7 Å². The molecule has 0 aliphatic carbocycles. The first-order chi connectivity index (χ1) is 11.4. The van der Waals surface area contributed by atoms with E-state index in [0.717, 1.165) is 25.0 Å². The fourth-order valence-electron chi connectivity index (χ4n) is 3.11. The molecule has 1 aromatic heterocycles. The van der Waals surface area contributed by atoms with Crippen LogP contribution in [0.25, 0.3) is 11.0 Å². The smallest absolute Gasteiger partial charge is 0.375 e. The number of carbonyl (C=O) groups is 1. The van der Waals surface area contributed by atoms with E-state index in [2.05, 4.69) is 4.98 Å². The maximum Gasteiger partial charge on any atom is 0.416 e. The van der Waals surface area contributed by atoms with Crippen LogP contribution in [0, 0.1) is 0 Å². The number of nitrogens with zero attached hydrogens (tertiary/aromatic N) is 3. The Kier molecular flexibility index (Phi) is 4.49. The van der Waals surface area contributed by atoms with Crippen LogP contribution in [0.2, 0.25) is 0 Å². The van der Waals surface area contributed by atoms with Crippen LogP contribution in [-0.2, 0) is 15.7 Å². The van der Waals surface area contributed by atoms with Crippen molar-refractivity contribution >= 4 is 16.9 Å². The monoisotopic (exact) mass is 341 g/mol. The molecule has 2 aromatic rings. The summed E-state index contributed by atoms with van der Waals surface area (Å²) in [5.74, 6) is -0.0405. The third-order valence-electron chi connectivity index (χ3n) is 4.38. The van der Waals surface area contributed by atoms with E-state index >= 15 is 0 Å². The topological polar surface area (TPSA) is 47.4 Å². The molecule has 8 heteroatoms. The normalized spacial score (nSPS) is 16.8. The lowest BCUT2D eigenvalue weighted by Gasteiger charge is -2.32. The van der Waals surface area contributed by atoms with Gasteiger partial charge in [-0.25, -0.2) is 4.98 Å². The summed E-state index contributed by atoms with van der Waals surface area (Å²) in [6, 6.07) is 3.74. The zero-order valence-electron chi connectivity index (χ0n) is 13.2. The number of piperidine rings is 1. The van der Waals surface area contributed by atoms with Crippen LogP contribution < -0.4 is 0 Å². The molecule has 5 nitrogen and oxygen atoms in total. The van der Waals surface area contributed by atoms with Gasteiger partial charge in [0.2, 0.25) is 5.91 Å². The number of hydrogen-bond donors (Lipinski definition) is 0. The number of hydrogen-bond acceptors (Lipinski definition) is 3. The standard InChI is InChI=1S/C16H18F3N3O2/c1-24-9-15(23)21-6-4-12(5-7-21)22-10-20-13-8-11(16(17,18)19)2-3-14(13)22/h2-3,8,10,12H,4-7,9H2,1H3. The SMILES string of the molecule is COCC(=O)N1CCC(n2cnc3cc(C(F)(F)F)ccc32)CC1.